The van der Waals surface area contributed by atoms with E-state index in [0.29, 0.717) is 24.0 Å². The van der Waals surface area contributed by atoms with E-state index in [-0.39, 0.29) is 12.0 Å². The number of carbonyl (C=O) groups excluding carboxylic acids is 1. The summed E-state index contributed by atoms with van der Waals surface area (Å²) in [5, 5.41) is 2.93. The van der Waals surface area contributed by atoms with Gasteiger partial charge in [-0.25, -0.2) is 0 Å². The molecule has 19 heavy (non-hydrogen) atoms. The van der Waals surface area contributed by atoms with Crippen LogP contribution < -0.4 is 10.1 Å². The van der Waals surface area contributed by atoms with E-state index in [9.17, 15) is 4.79 Å². The van der Waals surface area contributed by atoms with E-state index in [1.54, 1.807) is 0 Å². The van der Waals surface area contributed by atoms with E-state index in [0.717, 1.165) is 32.3 Å². The Hall–Kier alpha value is -1.55. The van der Waals surface area contributed by atoms with Crippen LogP contribution in [-0.4, -0.2) is 31.3 Å². The van der Waals surface area contributed by atoms with E-state index >= 15 is 0 Å². The van der Waals surface area contributed by atoms with Gasteiger partial charge in [0, 0.05) is 13.2 Å². The lowest BCUT2D eigenvalue weighted by Crippen LogP contribution is -2.32. The monoisotopic (exact) mass is 261 g/mol. The van der Waals surface area contributed by atoms with Gasteiger partial charge in [-0.3, -0.25) is 4.79 Å². The van der Waals surface area contributed by atoms with Gasteiger partial charge in [-0.05, 0) is 37.8 Å². The fourth-order valence-corrected chi connectivity index (χ4v) is 2.23. The highest BCUT2D eigenvalue weighted by molar-refractivity contribution is 5.96. The molecule has 1 saturated carbocycles. The minimum absolute atomic E-state index is 0.0771. The molecule has 1 aromatic rings. The Morgan fingerprint density at radius 3 is 2.89 bits per heavy atom. The Bertz CT molecular complexity index is 450. The summed E-state index contributed by atoms with van der Waals surface area (Å²) in [4.78, 5) is 12.2. The van der Waals surface area contributed by atoms with Gasteiger partial charge >= 0.3 is 0 Å². The van der Waals surface area contributed by atoms with E-state index in [1.165, 1.54) is 0 Å². The molecule has 102 valence electrons. The summed E-state index contributed by atoms with van der Waals surface area (Å²) in [6.07, 6.45) is 4.76. The fourth-order valence-electron chi connectivity index (χ4n) is 2.23. The third kappa shape index (κ3) is 3.26. The average molecular weight is 261 g/mol. The molecular weight excluding hydrogens is 242 g/mol. The molecule has 1 aliphatic carbocycles. The second-order valence-electron chi connectivity index (χ2n) is 5.16. The first-order valence-electron chi connectivity index (χ1n) is 6.98. The van der Waals surface area contributed by atoms with Crippen LogP contribution in [0.15, 0.2) is 24.3 Å². The number of hydrogen-bond donors (Lipinski definition) is 1. The topological polar surface area (TPSA) is 47.6 Å². The van der Waals surface area contributed by atoms with Crippen LogP contribution in [0.5, 0.6) is 5.75 Å². The van der Waals surface area contributed by atoms with Crippen molar-refractivity contribution in [3.63, 3.8) is 0 Å². The quantitative estimate of drug-likeness (QED) is 0.883. The van der Waals surface area contributed by atoms with Gasteiger partial charge in [-0.2, -0.15) is 0 Å². The maximum absolute atomic E-state index is 12.2. The van der Waals surface area contributed by atoms with Crippen LogP contribution in [0.1, 0.15) is 36.0 Å². The third-order valence-electron chi connectivity index (χ3n) is 3.46. The highest BCUT2D eigenvalue weighted by Crippen LogP contribution is 2.29. The first-order valence-corrected chi connectivity index (χ1v) is 6.98. The van der Waals surface area contributed by atoms with Gasteiger partial charge in [-0.15, -0.1) is 0 Å². The minimum Gasteiger partial charge on any atom is -0.490 e. The van der Waals surface area contributed by atoms with Crippen molar-refractivity contribution in [3.05, 3.63) is 29.8 Å². The summed E-state index contributed by atoms with van der Waals surface area (Å²) in [6, 6.07) is 7.43. The zero-order chi connectivity index (χ0) is 13.1. The summed E-state index contributed by atoms with van der Waals surface area (Å²) < 4.78 is 11.3. The van der Waals surface area contributed by atoms with Crippen LogP contribution in [0.3, 0.4) is 0 Å². The van der Waals surface area contributed by atoms with E-state index in [2.05, 4.69) is 5.32 Å². The minimum atomic E-state index is -0.0771. The first-order chi connectivity index (χ1) is 9.33. The number of nitrogens with one attached hydrogen (secondary N) is 1. The van der Waals surface area contributed by atoms with Crippen LogP contribution >= 0.6 is 0 Å². The molecule has 0 bridgehead atoms. The van der Waals surface area contributed by atoms with E-state index in [4.69, 9.17) is 9.47 Å². The molecule has 1 N–H and O–H groups in total. The van der Waals surface area contributed by atoms with Crippen molar-refractivity contribution in [2.75, 3.05) is 13.2 Å². The van der Waals surface area contributed by atoms with Crippen LogP contribution in [0.25, 0.3) is 0 Å². The van der Waals surface area contributed by atoms with Crippen LogP contribution in [0.2, 0.25) is 0 Å². The highest BCUT2D eigenvalue weighted by Gasteiger charge is 2.25. The largest absolute Gasteiger partial charge is 0.490 e. The van der Waals surface area contributed by atoms with Gasteiger partial charge in [0.05, 0.1) is 17.8 Å². The molecule has 3 rings (SSSR count). The summed E-state index contributed by atoms with van der Waals surface area (Å²) in [5.41, 5.74) is 0.618. The molecule has 0 radical (unpaired) electrons. The molecule has 1 heterocycles. The molecule has 4 nitrogen and oxygen atoms in total. The van der Waals surface area contributed by atoms with Gasteiger partial charge in [0.15, 0.2) is 0 Å². The molecule has 0 spiro atoms. The second-order valence-corrected chi connectivity index (χ2v) is 5.16. The molecule has 1 amide bonds. The summed E-state index contributed by atoms with van der Waals surface area (Å²) >= 11 is 0. The maximum atomic E-state index is 12.2. The van der Waals surface area contributed by atoms with Crippen molar-refractivity contribution in [2.45, 2.75) is 37.9 Å². The van der Waals surface area contributed by atoms with Crippen LogP contribution in [0.4, 0.5) is 0 Å². The summed E-state index contributed by atoms with van der Waals surface area (Å²) in [7, 11) is 0. The smallest absolute Gasteiger partial charge is 0.255 e. The lowest BCUT2D eigenvalue weighted by atomic mass is 10.1. The molecule has 0 unspecified atom stereocenters. The maximum Gasteiger partial charge on any atom is 0.255 e. The van der Waals surface area contributed by atoms with E-state index in [1.807, 2.05) is 24.3 Å². The molecule has 1 atom stereocenters. The Morgan fingerprint density at radius 1 is 1.32 bits per heavy atom. The Balaban J connectivity index is 1.61. The van der Waals surface area contributed by atoms with Crippen LogP contribution in [0, 0.1) is 0 Å². The molecule has 2 aliphatic rings. The van der Waals surface area contributed by atoms with Gasteiger partial charge in [0.25, 0.3) is 5.91 Å². The molecular formula is C15H19NO3. The lowest BCUT2D eigenvalue weighted by molar-refractivity contribution is 0.0854. The summed E-state index contributed by atoms with van der Waals surface area (Å²) in [5.74, 6) is 0.613. The Morgan fingerprint density at radius 2 is 2.16 bits per heavy atom. The number of ether oxygens (including phenoxy) is 2. The molecule has 2 fully saturated rings. The van der Waals surface area contributed by atoms with Gasteiger partial charge < -0.3 is 14.8 Å². The number of rotatable bonds is 5. The molecule has 0 aromatic heterocycles. The van der Waals surface area contributed by atoms with Gasteiger partial charge in [-0.1, -0.05) is 12.1 Å². The SMILES string of the molecule is O=C(NC[C@H]1CCCO1)c1ccccc1OC1CC1. The number of benzene rings is 1. The van der Waals surface area contributed by atoms with Gasteiger partial charge in [0.1, 0.15) is 5.75 Å². The van der Waals surface area contributed by atoms with Crippen molar-refractivity contribution >= 4 is 5.91 Å². The zero-order valence-corrected chi connectivity index (χ0v) is 10.9. The lowest BCUT2D eigenvalue weighted by Gasteiger charge is -2.13. The predicted molar refractivity (Wildman–Crippen MR) is 71.4 cm³/mol. The van der Waals surface area contributed by atoms with Crippen molar-refractivity contribution in [1.82, 2.24) is 5.32 Å². The molecule has 1 aliphatic heterocycles. The van der Waals surface area contributed by atoms with Crippen molar-refractivity contribution in [1.29, 1.82) is 0 Å². The average Bonchev–Trinajstić information content (AvgIpc) is 3.09. The van der Waals surface area contributed by atoms with Crippen molar-refractivity contribution in [3.8, 4) is 5.75 Å². The number of carbonyl (C=O) groups is 1. The molecule has 1 saturated heterocycles. The standard InChI is InChI=1S/C15H19NO3/c17-15(16-10-12-4-3-9-18-12)13-5-1-2-6-14(13)19-11-7-8-11/h1-2,5-6,11-12H,3-4,7-10H2,(H,16,17)/t12-/m1/s1. The van der Waals surface area contributed by atoms with Crippen LogP contribution in [-0.2, 0) is 4.74 Å². The van der Waals surface area contributed by atoms with Crippen molar-refractivity contribution < 1.29 is 14.3 Å². The fraction of sp³-hybridized carbons (Fsp3) is 0.533. The predicted octanol–water partition coefficient (Wildman–Crippen LogP) is 2.14. The van der Waals surface area contributed by atoms with Gasteiger partial charge in [0.2, 0.25) is 0 Å². The Labute approximate surface area is 113 Å². The zero-order valence-electron chi connectivity index (χ0n) is 10.9. The second kappa shape index (κ2) is 5.61. The molecule has 1 aromatic carbocycles. The van der Waals surface area contributed by atoms with E-state index < -0.39 is 0 Å². The number of hydrogen-bond acceptors (Lipinski definition) is 3. The summed E-state index contributed by atoms with van der Waals surface area (Å²) in [6.45, 7) is 1.39. The number of amides is 1. The molecule has 4 heteroatoms. The normalized spacial score (nSPS) is 22.2. The van der Waals surface area contributed by atoms with Crippen molar-refractivity contribution in [2.24, 2.45) is 0 Å². The Kier molecular flexibility index (Phi) is 3.69. The number of para-hydroxylation sites is 1. The first kappa shape index (κ1) is 12.5. The highest BCUT2D eigenvalue weighted by atomic mass is 16.5. The third-order valence-corrected chi connectivity index (χ3v) is 3.46.